The highest BCUT2D eigenvalue weighted by atomic mass is 32.1. The lowest BCUT2D eigenvalue weighted by Crippen LogP contribution is -2.39. The van der Waals surface area contributed by atoms with E-state index in [1.54, 1.807) is 23.5 Å². The summed E-state index contributed by atoms with van der Waals surface area (Å²) < 4.78 is 12.8. The maximum atomic E-state index is 12.8. The molecule has 0 aliphatic heterocycles. The number of aromatic nitrogens is 1. The van der Waals surface area contributed by atoms with E-state index in [0.29, 0.717) is 12.1 Å². The van der Waals surface area contributed by atoms with Crippen LogP contribution in [0, 0.1) is 12.7 Å². The first-order valence-corrected chi connectivity index (χ1v) is 7.37. The Morgan fingerprint density at radius 2 is 2.00 bits per heavy atom. The van der Waals surface area contributed by atoms with E-state index >= 15 is 0 Å². The molecule has 0 bridgehead atoms. The molecule has 2 aromatic rings. The summed E-state index contributed by atoms with van der Waals surface area (Å²) in [5.41, 5.74) is 1.39. The van der Waals surface area contributed by atoms with Crippen LogP contribution in [-0.4, -0.2) is 16.6 Å². The number of halogens is 1. The van der Waals surface area contributed by atoms with Crippen LogP contribution in [0.2, 0.25) is 0 Å². The van der Waals surface area contributed by atoms with Crippen molar-refractivity contribution in [3.8, 4) is 0 Å². The van der Waals surface area contributed by atoms with E-state index in [-0.39, 0.29) is 11.4 Å². The Balaban J connectivity index is 1.98. The van der Waals surface area contributed by atoms with Gasteiger partial charge in [0.25, 0.3) is 0 Å². The smallest absolute Gasteiger partial charge is 0.123 e. The van der Waals surface area contributed by atoms with Gasteiger partial charge < -0.3 is 10.4 Å². The second-order valence-corrected chi connectivity index (χ2v) is 6.23. The number of aryl methyl sites for hydroxylation is 1. The molecular formula is C15H19FN2OS. The van der Waals surface area contributed by atoms with Crippen LogP contribution in [0.3, 0.4) is 0 Å². The summed E-state index contributed by atoms with van der Waals surface area (Å²) in [4.78, 5) is 4.47. The summed E-state index contributed by atoms with van der Waals surface area (Å²) in [5, 5.41) is 16.4. The SMILES string of the molecule is Cc1csc(C(C)(C)NCC(O)c2ccc(F)cc2)n1. The Morgan fingerprint density at radius 3 is 2.55 bits per heavy atom. The average molecular weight is 294 g/mol. The molecule has 0 radical (unpaired) electrons. The van der Waals surface area contributed by atoms with Gasteiger partial charge in [0.15, 0.2) is 0 Å². The molecule has 0 aliphatic rings. The molecule has 0 fully saturated rings. The van der Waals surface area contributed by atoms with Gasteiger partial charge in [-0.3, -0.25) is 0 Å². The molecule has 20 heavy (non-hydrogen) atoms. The van der Waals surface area contributed by atoms with E-state index in [0.717, 1.165) is 10.7 Å². The highest BCUT2D eigenvalue weighted by molar-refractivity contribution is 7.09. The Bertz CT molecular complexity index is 566. The van der Waals surface area contributed by atoms with Crippen molar-refractivity contribution in [2.24, 2.45) is 0 Å². The van der Waals surface area contributed by atoms with Crippen LogP contribution in [0.25, 0.3) is 0 Å². The minimum Gasteiger partial charge on any atom is -0.387 e. The number of benzene rings is 1. The molecule has 2 N–H and O–H groups in total. The molecule has 0 saturated carbocycles. The van der Waals surface area contributed by atoms with Gasteiger partial charge in [0.1, 0.15) is 10.8 Å². The standard InChI is InChI=1S/C15H19FN2OS/c1-10-9-20-14(18-10)15(2,3)17-8-13(19)11-4-6-12(16)7-5-11/h4-7,9,13,17,19H,8H2,1-3H3. The predicted molar refractivity (Wildman–Crippen MR) is 79.2 cm³/mol. The molecule has 0 spiro atoms. The number of thiazole rings is 1. The third kappa shape index (κ3) is 3.62. The molecule has 5 heteroatoms. The summed E-state index contributed by atoms with van der Waals surface area (Å²) >= 11 is 1.60. The first kappa shape index (κ1) is 15.1. The van der Waals surface area contributed by atoms with Gasteiger partial charge >= 0.3 is 0 Å². The first-order valence-electron chi connectivity index (χ1n) is 6.49. The quantitative estimate of drug-likeness (QED) is 0.890. The second-order valence-electron chi connectivity index (χ2n) is 5.37. The van der Waals surface area contributed by atoms with Gasteiger partial charge in [0.2, 0.25) is 0 Å². The monoisotopic (exact) mass is 294 g/mol. The minimum atomic E-state index is -0.670. The van der Waals surface area contributed by atoms with E-state index in [2.05, 4.69) is 10.3 Å². The molecule has 1 atom stereocenters. The summed E-state index contributed by atoms with van der Waals surface area (Å²) in [5.74, 6) is -0.299. The highest BCUT2D eigenvalue weighted by Gasteiger charge is 2.24. The zero-order valence-corrected chi connectivity index (χ0v) is 12.7. The van der Waals surface area contributed by atoms with Gasteiger partial charge in [-0.25, -0.2) is 9.37 Å². The minimum absolute atomic E-state index is 0.299. The van der Waals surface area contributed by atoms with Crippen LogP contribution in [0.5, 0.6) is 0 Å². The third-order valence-corrected chi connectivity index (χ3v) is 4.43. The third-order valence-electron chi connectivity index (χ3n) is 3.15. The summed E-state index contributed by atoms with van der Waals surface area (Å²) in [7, 11) is 0. The molecular weight excluding hydrogens is 275 g/mol. The van der Waals surface area contributed by atoms with Crippen molar-refractivity contribution in [3.05, 3.63) is 51.7 Å². The van der Waals surface area contributed by atoms with Crippen LogP contribution < -0.4 is 5.32 Å². The van der Waals surface area contributed by atoms with Gasteiger partial charge in [-0.15, -0.1) is 11.3 Å². The lowest BCUT2D eigenvalue weighted by atomic mass is 10.0. The summed E-state index contributed by atoms with van der Waals surface area (Å²) in [6, 6.07) is 5.91. The van der Waals surface area contributed by atoms with Crippen molar-refractivity contribution in [1.82, 2.24) is 10.3 Å². The van der Waals surface area contributed by atoms with Gasteiger partial charge in [-0.1, -0.05) is 12.1 Å². The summed E-state index contributed by atoms with van der Waals surface area (Å²) in [6.07, 6.45) is -0.670. The van der Waals surface area contributed by atoms with Gasteiger partial charge in [-0.05, 0) is 38.5 Å². The van der Waals surface area contributed by atoms with Crippen molar-refractivity contribution >= 4 is 11.3 Å². The maximum Gasteiger partial charge on any atom is 0.123 e. The molecule has 1 unspecified atom stereocenters. The van der Waals surface area contributed by atoms with E-state index in [4.69, 9.17) is 0 Å². The number of hydrogen-bond donors (Lipinski definition) is 2. The van der Waals surface area contributed by atoms with Crippen molar-refractivity contribution in [1.29, 1.82) is 0 Å². The second kappa shape index (κ2) is 5.99. The number of aliphatic hydroxyl groups excluding tert-OH is 1. The summed E-state index contributed by atoms with van der Waals surface area (Å²) in [6.45, 7) is 6.41. The normalized spacial score (nSPS) is 13.4. The molecule has 1 aromatic carbocycles. The van der Waals surface area contributed by atoms with Gasteiger partial charge in [0.05, 0.1) is 11.6 Å². The van der Waals surface area contributed by atoms with E-state index in [9.17, 15) is 9.50 Å². The maximum absolute atomic E-state index is 12.8. The fraction of sp³-hybridized carbons (Fsp3) is 0.400. The van der Waals surface area contributed by atoms with E-state index in [1.165, 1.54) is 12.1 Å². The Hall–Kier alpha value is -1.30. The molecule has 2 rings (SSSR count). The Labute approximate surface area is 122 Å². The van der Waals surface area contributed by atoms with Crippen LogP contribution in [0.15, 0.2) is 29.6 Å². The van der Waals surface area contributed by atoms with Crippen molar-refractivity contribution in [2.75, 3.05) is 6.54 Å². The van der Waals surface area contributed by atoms with Crippen LogP contribution >= 0.6 is 11.3 Å². The van der Waals surface area contributed by atoms with Crippen molar-refractivity contribution < 1.29 is 9.50 Å². The molecule has 1 aromatic heterocycles. The molecule has 0 amide bonds. The zero-order chi connectivity index (χ0) is 14.8. The molecule has 108 valence electrons. The lowest BCUT2D eigenvalue weighted by Gasteiger charge is -2.25. The van der Waals surface area contributed by atoms with Gasteiger partial charge in [-0.2, -0.15) is 0 Å². The van der Waals surface area contributed by atoms with Crippen LogP contribution in [-0.2, 0) is 5.54 Å². The van der Waals surface area contributed by atoms with Crippen LogP contribution in [0.4, 0.5) is 4.39 Å². The molecule has 0 aliphatic carbocycles. The molecule has 3 nitrogen and oxygen atoms in total. The highest BCUT2D eigenvalue weighted by Crippen LogP contribution is 2.24. The number of nitrogens with zero attached hydrogens (tertiary/aromatic N) is 1. The van der Waals surface area contributed by atoms with Crippen molar-refractivity contribution in [2.45, 2.75) is 32.4 Å². The van der Waals surface area contributed by atoms with E-state index in [1.807, 2.05) is 26.2 Å². The fourth-order valence-electron chi connectivity index (χ4n) is 1.87. The largest absolute Gasteiger partial charge is 0.387 e. The molecule has 1 heterocycles. The number of aliphatic hydroxyl groups is 1. The predicted octanol–water partition coefficient (Wildman–Crippen LogP) is 3.15. The first-order chi connectivity index (χ1) is 9.38. The molecule has 0 saturated heterocycles. The topological polar surface area (TPSA) is 45.1 Å². The van der Waals surface area contributed by atoms with E-state index < -0.39 is 6.10 Å². The van der Waals surface area contributed by atoms with Crippen molar-refractivity contribution in [3.63, 3.8) is 0 Å². The number of hydrogen-bond acceptors (Lipinski definition) is 4. The average Bonchev–Trinajstić information content (AvgIpc) is 2.84. The Morgan fingerprint density at radius 1 is 1.35 bits per heavy atom. The van der Waals surface area contributed by atoms with Gasteiger partial charge in [0, 0.05) is 17.6 Å². The fourth-order valence-corrected chi connectivity index (χ4v) is 2.77. The Kier molecular flexibility index (Phi) is 4.52. The van der Waals surface area contributed by atoms with Crippen LogP contribution in [0.1, 0.15) is 36.2 Å². The lowest BCUT2D eigenvalue weighted by molar-refractivity contribution is 0.161. The number of rotatable bonds is 5. The zero-order valence-electron chi connectivity index (χ0n) is 11.9. The number of nitrogens with one attached hydrogen (secondary N) is 1.